The Morgan fingerprint density at radius 1 is 1.35 bits per heavy atom. The third-order valence-electron chi connectivity index (χ3n) is 3.98. The molecule has 3 atom stereocenters. The van der Waals surface area contributed by atoms with Gasteiger partial charge in [0.25, 0.3) is 0 Å². The fourth-order valence-corrected chi connectivity index (χ4v) is 4.87. The van der Waals surface area contributed by atoms with Gasteiger partial charge in [-0.1, -0.05) is 15.9 Å². The minimum atomic E-state index is 0.657. The normalized spacial score (nSPS) is 31.5. The lowest BCUT2D eigenvalue weighted by molar-refractivity contribution is 0.505. The molecule has 2 aliphatic rings. The van der Waals surface area contributed by atoms with Crippen LogP contribution in [0.15, 0.2) is 22.7 Å². The van der Waals surface area contributed by atoms with Gasteiger partial charge < -0.3 is 5.32 Å². The zero-order valence-electron chi connectivity index (χ0n) is 9.32. The molecule has 0 amide bonds. The Kier molecular flexibility index (Phi) is 2.32. The van der Waals surface area contributed by atoms with Crippen LogP contribution in [0.2, 0.25) is 0 Å². The summed E-state index contributed by atoms with van der Waals surface area (Å²) in [7, 11) is 0. The van der Waals surface area contributed by atoms with Gasteiger partial charge in [0.2, 0.25) is 0 Å². The average Bonchev–Trinajstić information content (AvgIpc) is 3.01. The van der Waals surface area contributed by atoms with Crippen LogP contribution in [0.3, 0.4) is 0 Å². The molecule has 2 aliphatic heterocycles. The number of aromatic nitrogens is 1. The van der Waals surface area contributed by atoms with Crippen molar-refractivity contribution in [2.75, 3.05) is 0 Å². The molecule has 3 unspecified atom stereocenters. The van der Waals surface area contributed by atoms with Gasteiger partial charge in [0.05, 0.1) is 15.2 Å². The van der Waals surface area contributed by atoms with Crippen molar-refractivity contribution in [3.63, 3.8) is 0 Å². The highest BCUT2D eigenvalue weighted by Gasteiger charge is 2.41. The molecule has 2 saturated heterocycles. The van der Waals surface area contributed by atoms with Gasteiger partial charge in [-0.2, -0.15) is 0 Å². The molecule has 88 valence electrons. The summed E-state index contributed by atoms with van der Waals surface area (Å²) in [6.45, 7) is 0. The van der Waals surface area contributed by atoms with Crippen LogP contribution >= 0.6 is 27.3 Å². The van der Waals surface area contributed by atoms with Crippen molar-refractivity contribution < 1.29 is 0 Å². The van der Waals surface area contributed by atoms with Crippen LogP contribution in [0.4, 0.5) is 0 Å². The molecule has 1 aromatic carbocycles. The maximum atomic E-state index is 4.81. The number of hydrogen-bond acceptors (Lipinski definition) is 3. The molecule has 0 aliphatic carbocycles. The highest BCUT2D eigenvalue weighted by molar-refractivity contribution is 9.10. The first kappa shape index (κ1) is 10.5. The Balaban J connectivity index is 1.76. The number of halogens is 1. The Labute approximate surface area is 113 Å². The SMILES string of the molecule is Brc1ccc2nc(C3CC4CCC3N4)sc2c1. The third kappa shape index (κ3) is 1.65. The van der Waals surface area contributed by atoms with Crippen molar-refractivity contribution in [1.82, 2.24) is 10.3 Å². The standard InChI is InChI=1S/C13H13BrN2S/c14-7-1-3-11-12(5-7)17-13(16-11)9-6-8-2-4-10(9)15-8/h1,3,5,8-10,15H,2,4,6H2. The number of rotatable bonds is 1. The van der Waals surface area contributed by atoms with Gasteiger partial charge in [-0.25, -0.2) is 4.98 Å². The van der Waals surface area contributed by atoms with Crippen molar-refractivity contribution >= 4 is 37.5 Å². The first-order chi connectivity index (χ1) is 8.29. The molecule has 1 N–H and O–H groups in total. The van der Waals surface area contributed by atoms with E-state index in [1.165, 1.54) is 29.0 Å². The topological polar surface area (TPSA) is 24.9 Å². The number of hydrogen-bond donors (Lipinski definition) is 1. The fraction of sp³-hybridized carbons (Fsp3) is 0.462. The van der Waals surface area contributed by atoms with E-state index < -0.39 is 0 Å². The Hall–Kier alpha value is -0.450. The summed E-state index contributed by atoms with van der Waals surface area (Å²) >= 11 is 5.39. The Morgan fingerprint density at radius 3 is 3.06 bits per heavy atom. The molecule has 2 nitrogen and oxygen atoms in total. The van der Waals surface area contributed by atoms with Crippen LogP contribution in [0.5, 0.6) is 0 Å². The zero-order valence-corrected chi connectivity index (χ0v) is 11.7. The van der Waals surface area contributed by atoms with Gasteiger partial charge in [0, 0.05) is 22.5 Å². The van der Waals surface area contributed by atoms with Crippen LogP contribution in [0.1, 0.15) is 30.2 Å². The number of benzene rings is 1. The lowest BCUT2D eigenvalue weighted by Crippen LogP contribution is -2.21. The molecule has 0 saturated carbocycles. The molecular formula is C13H13BrN2S. The van der Waals surface area contributed by atoms with Gasteiger partial charge >= 0.3 is 0 Å². The van der Waals surface area contributed by atoms with E-state index in [2.05, 4.69) is 39.4 Å². The lowest BCUT2D eigenvalue weighted by atomic mass is 9.90. The van der Waals surface area contributed by atoms with Gasteiger partial charge in [-0.15, -0.1) is 11.3 Å². The highest BCUT2D eigenvalue weighted by Crippen LogP contribution is 2.42. The summed E-state index contributed by atoms with van der Waals surface area (Å²) in [6, 6.07) is 7.80. The molecular weight excluding hydrogens is 296 g/mol. The van der Waals surface area contributed by atoms with E-state index in [0.29, 0.717) is 12.0 Å². The molecule has 3 heterocycles. The molecule has 4 rings (SSSR count). The van der Waals surface area contributed by atoms with Gasteiger partial charge in [-0.05, 0) is 37.5 Å². The maximum Gasteiger partial charge on any atom is 0.0985 e. The lowest BCUT2D eigenvalue weighted by Gasteiger charge is -2.16. The highest BCUT2D eigenvalue weighted by atomic mass is 79.9. The second-order valence-corrected chi connectivity index (χ2v) is 7.03. The van der Waals surface area contributed by atoms with Gasteiger partial charge in [-0.3, -0.25) is 0 Å². The van der Waals surface area contributed by atoms with Crippen molar-refractivity contribution in [3.05, 3.63) is 27.7 Å². The van der Waals surface area contributed by atoms with Crippen LogP contribution < -0.4 is 5.32 Å². The second kappa shape index (κ2) is 3.77. The van der Waals surface area contributed by atoms with E-state index in [-0.39, 0.29) is 0 Å². The van der Waals surface area contributed by atoms with Crippen LogP contribution in [-0.2, 0) is 0 Å². The fourth-order valence-electron chi connectivity index (χ4n) is 3.17. The average molecular weight is 309 g/mol. The zero-order chi connectivity index (χ0) is 11.4. The van der Waals surface area contributed by atoms with E-state index in [9.17, 15) is 0 Å². The first-order valence-corrected chi connectivity index (χ1v) is 7.72. The molecule has 4 heteroatoms. The van der Waals surface area contributed by atoms with E-state index >= 15 is 0 Å². The predicted molar refractivity (Wildman–Crippen MR) is 74.6 cm³/mol. The summed E-state index contributed by atoms with van der Waals surface area (Å²) < 4.78 is 2.45. The third-order valence-corrected chi connectivity index (χ3v) is 5.63. The Bertz CT molecular complexity index is 580. The predicted octanol–water partition coefficient (Wildman–Crippen LogP) is 3.67. The number of fused-ring (bicyclic) bond motifs is 3. The molecule has 0 spiro atoms. The van der Waals surface area contributed by atoms with Crippen LogP contribution in [0.25, 0.3) is 10.2 Å². The molecule has 2 fully saturated rings. The number of nitrogens with one attached hydrogen (secondary N) is 1. The minimum Gasteiger partial charge on any atom is -0.311 e. The smallest absolute Gasteiger partial charge is 0.0985 e. The molecule has 2 aromatic rings. The second-order valence-electron chi connectivity index (χ2n) is 5.05. The van der Waals surface area contributed by atoms with Crippen molar-refractivity contribution in [2.24, 2.45) is 0 Å². The van der Waals surface area contributed by atoms with Crippen molar-refractivity contribution in [3.8, 4) is 0 Å². The summed E-state index contributed by atoms with van der Waals surface area (Å²) in [4.78, 5) is 4.81. The van der Waals surface area contributed by atoms with Crippen LogP contribution in [-0.4, -0.2) is 17.1 Å². The number of thiazole rings is 1. The van der Waals surface area contributed by atoms with Crippen molar-refractivity contribution in [2.45, 2.75) is 37.3 Å². The summed E-state index contributed by atoms with van der Waals surface area (Å²) in [5.41, 5.74) is 1.15. The van der Waals surface area contributed by atoms with E-state index in [4.69, 9.17) is 4.98 Å². The summed E-state index contributed by atoms with van der Waals surface area (Å²) in [5.74, 6) is 0.657. The summed E-state index contributed by atoms with van der Waals surface area (Å²) in [6.07, 6.45) is 3.97. The largest absolute Gasteiger partial charge is 0.311 e. The Morgan fingerprint density at radius 2 is 2.29 bits per heavy atom. The summed E-state index contributed by atoms with van der Waals surface area (Å²) in [5, 5.41) is 5.02. The van der Waals surface area contributed by atoms with E-state index in [1.807, 2.05) is 11.3 Å². The molecule has 17 heavy (non-hydrogen) atoms. The number of nitrogens with zero attached hydrogens (tertiary/aromatic N) is 1. The quantitative estimate of drug-likeness (QED) is 0.869. The molecule has 0 radical (unpaired) electrons. The minimum absolute atomic E-state index is 0.657. The first-order valence-electron chi connectivity index (χ1n) is 6.11. The monoisotopic (exact) mass is 308 g/mol. The van der Waals surface area contributed by atoms with Gasteiger partial charge in [0.1, 0.15) is 0 Å². The van der Waals surface area contributed by atoms with Crippen LogP contribution in [0, 0.1) is 0 Å². The van der Waals surface area contributed by atoms with E-state index in [0.717, 1.165) is 16.0 Å². The van der Waals surface area contributed by atoms with Gasteiger partial charge in [0.15, 0.2) is 0 Å². The molecule has 2 bridgehead atoms. The van der Waals surface area contributed by atoms with Crippen molar-refractivity contribution in [1.29, 1.82) is 0 Å². The maximum absolute atomic E-state index is 4.81. The molecule has 1 aromatic heterocycles. The van der Waals surface area contributed by atoms with E-state index in [1.54, 1.807) is 0 Å².